The normalized spacial score (nSPS) is 18.4. The first kappa shape index (κ1) is 18.9. The molecule has 2 aliphatic rings. The maximum Gasteiger partial charge on any atom is 0.254 e. The first-order chi connectivity index (χ1) is 15.7. The molecule has 4 aromatic rings. The first-order valence-electron chi connectivity index (χ1n) is 10.7. The molecule has 1 saturated carbocycles. The van der Waals surface area contributed by atoms with Crippen molar-refractivity contribution in [2.75, 3.05) is 11.4 Å². The molecule has 1 fully saturated rings. The maximum absolute atomic E-state index is 14.3. The highest BCUT2D eigenvalue weighted by atomic mass is 19.1. The Bertz CT molecular complexity index is 1290. The fraction of sp³-hybridized carbons (Fsp3) is 0.318. The minimum absolute atomic E-state index is 0.151. The minimum atomic E-state index is -0.376. The number of nitrogens with zero attached hydrogens (tertiary/aromatic N) is 6. The lowest BCUT2D eigenvalue weighted by Crippen LogP contribution is -2.40. The number of hydrogen-bond acceptors (Lipinski definition) is 6. The van der Waals surface area contributed by atoms with Crippen LogP contribution < -0.4 is 10.2 Å². The molecule has 9 nitrogen and oxygen atoms in total. The lowest BCUT2D eigenvalue weighted by molar-refractivity contribution is 0.0916. The van der Waals surface area contributed by atoms with E-state index in [1.165, 1.54) is 10.6 Å². The zero-order valence-corrected chi connectivity index (χ0v) is 17.2. The number of nitrogens with one attached hydrogen (secondary N) is 2. The third kappa shape index (κ3) is 3.10. The van der Waals surface area contributed by atoms with Crippen molar-refractivity contribution in [1.29, 1.82) is 0 Å². The van der Waals surface area contributed by atoms with E-state index in [9.17, 15) is 9.18 Å². The van der Waals surface area contributed by atoms with Gasteiger partial charge in [-0.3, -0.25) is 4.79 Å². The van der Waals surface area contributed by atoms with Crippen molar-refractivity contribution >= 4 is 17.4 Å². The Hall–Kier alpha value is -3.82. The Balaban J connectivity index is 1.35. The molecule has 0 bridgehead atoms. The molecule has 0 radical (unpaired) electrons. The second-order valence-corrected chi connectivity index (χ2v) is 8.24. The molecule has 1 aliphatic heterocycles. The molecular weight excluding hydrogens is 411 g/mol. The molecular formula is C22H21FN8O. The summed E-state index contributed by atoms with van der Waals surface area (Å²) >= 11 is 0. The molecule has 0 aromatic carbocycles. The number of amides is 1. The van der Waals surface area contributed by atoms with Crippen molar-refractivity contribution in [2.24, 2.45) is 0 Å². The van der Waals surface area contributed by atoms with E-state index in [0.29, 0.717) is 29.3 Å². The quantitative estimate of drug-likeness (QED) is 0.513. The molecule has 0 saturated heterocycles. The van der Waals surface area contributed by atoms with Gasteiger partial charge in [0.25, 0.3) is 5.91 Å². The van der Waals surface area contributed by atoms with Gasteiger partial charge in [-0.25, -0.2) is 23.9 Å². The average molecular weight is 432 g/mol. The number of fused-ring (bicyclic) bond motifs is 2. The number of aromatic amines is 1. The number of carbonyl (C=O) groups excluding carboxylic acids is 1. The lowest BCUT2D eigenvalue weighted by Gasteiger charge is -2.33. The smallest absolute Gasteiger partial charge is 0.254 e. The third-order valence-corrected chi connectivity index (χ3v) is 6.27. The van der Waals surface area contributed by atoms with Crippen LogP contribution in [-0.4, -0.2) is 48.0 Å². The van der Waals surface area contributed by atoms with Crippen LogP contribution in [0.2, 0.25) is 0 Å². The number of rotatable bonds is 4. The van der Waals surface area contributed by atoms with Gasteiger partial charge in [-0.1, -0.05) is 0 Å². The molecule has 162 valence electrons. The predicted molar refractivity (Wildman–Crippen MR) is 114 cm³/mol. The van der Waals surface area contributed by atoms with E-state index in [4.69, 9.17) is 0 Å². The zero-order valence-electron chi connectivity index (χ0n) is 17.2. The Morgan fingerprint density at radius 3 is 2.81 bits per heavy atom. The monoisotopic (exact) mass is 432 g/mol. The van der Waals surface area contributed by atoms with Crippen LogP contribution >= 0.6 is 0 Å². The summed E-state index contributed by atoms with van der Waals surface area (Å²) in [5, 5.41) is 7.61. The average Bonchev–Trinajstić information content (AvgIpc) is 3.43. The summed E-state index contributed by atoms with van der Waals surface area (Å²) in [6, 6.07) is 4.64. The Kier molecular flexibility index (Phi) is 4.37. The van der Waals surface area contributed by atoms with Crippen LogP contribution in [0.25, 0.3) is 5.52 Å². The number of H-pyrrole nitrogens is 1. The highest BCUT2D eigenvalue weighted by molar-refractivity contribution is 5.93. The van der Waals surface area contributed by atoms with Gasteiger partial charge in [0.2, 0.25) is 5.95 Å². The SMILES string of the molecule is O=C(NC1CCC1)c1cnc(N2CCc3[nH]cnc3C2c2cc3c(F)cccn3n2)nc1. The van der Waals surface area contributed by atoms with E-state index in [1.54, 1.807) is 37.1 Å². The fourth-order valence-electron chi connectivity index (χ4n) is 4.33. The summed E-state index contributed by atoms with van der Waals surface area (Å²) in [6.45, 7) is 0.629. The van der Waals surface area contributed by atoms with Crippen molar-refractivity contribution < 1.29 is 9.18 Å². The molecule has 6 rings (SSSR count). The molecule has 1 amide bonds. The van der Waals surface area contributed by atoms with Crippen LogP contribution in [0, 0.1) is 5.82 Å². The summed E-state index contributed by atoms with van der Waals surface area (Å²) in [7, 11) is 0. The summed E-state index contributed by atoms with van der Waals surface area (Å²) in [5.41, 5.74) is 3.31. The molecule has 10 heteroatoms. The number of carbonyl (C=O) groups is 1. The molecule has 1 unspecified atom stereocenters. The van der Waals surface area contributed by atoms with Crippen LogP contribution in [0.15, 0.2) is 43.1 Å². The number of aromatic nitrogens is 6. The second kappa shape index (κ2) is 7.40. The van der Waals surface area contributed by atoms with Gasteiger partial charge in [-0.05, 0) is 37.5 Å². The van der Waals surface area contributed by atoms with Crippen molar-refractivity contribution in [2.45, 2.75) is 37.8 Å². The van der Waals surface area contributed by atoms with E-state index in [2.05, 4.69) is 30.4 Å². The van der Waals surface area contributed by atoms with Crippen LogP contribution in [0.4, 0.5) is 10.3 Å². The van der Waals surface area contributed by atoms with Gasteiger partial charge in [0, 0.05) is 43.3 Å². The number of anilines is 1. The van der Waals surface area contributed by atoms with Crippen LogP contribution in [0.3, 0.4) is 0 Å². The molecule has 2 N–H and O–H groups in total. The largest absolute Gasteiger partial charge is 0.349 e. The van der Waals surface area contributed by atoms with E-state index in [-0.39, 0.29) is 23.8 Å². The van der Waals surface area contributed by atoms with E-state index >= 15 is 0 Å². The molecule has 4 aromatic heterocycles. The van der Waals surface area contributed by atoms with Crippen molar-refractivity contribution in [3.05, 3.63) is 71.6 Å². The lowest BCUT2D eigenvalue weighted by atomic mass is 9.93. The summed E-state index contributed by atoms with van der Waals surface area (Å²) in [5.74, 6) is -0.0165. The first-order valence-corrected chi connectivity index (χ1v) is 10.7. The standard InChI is InChI=1S/C22H21FN8O/c23-15-5-2-7-31-18(15)9-17(29-31)20-19-16(26-12-27-19)6-8-30(20)22-24-10-13(11-25-22)21(32)28-14-3-1-4-14/h2,5,7,9-12,14,20H,1,3-4,6,8H2,(H,26,27)(H,28,32). The van der Waals surface area contributed by atoms with Crippen LogP contribution in [0.1, 0.15) is 52.7 Å². The highest BCUT2D eigenvalue weighted by Crippen LogP contribution is 2.35. The van der Waals surface area contributed by atoms with Crippen molar-refractivity contribution in [3.63, 3.8) is 0 Å². The molecule has 1 atom stereocenters. The Morgan fingerprint density at radius 1 is 1.22 bits per heavy atom. The maximum atomic E-state index is 14.3. The molecule has 1 aliphatic carbocycles. The van der Waals surface area contributed by atoms with Gasteiger partial charge in [0.05, 0.1) is 23.3 Å². The third-order valence-electron chi connectivity index (χ3n) is 6.27. The topological polar surface area (TPSA) is 104 Å². The van der Waals surface area contributed by atoms with Gasteiger partial charge in [0.1, 0.15) is 17.4 Å². The molecule has 32 heavy (non-hydrogen) atoms. The van der Waals surface area contributed by atoms with Gasteiger partial charge in [-0.2, -0.15) is 5.10 Å². The van der Waals surface area contributed by atoms with E-state index in [1.807, 2.05) is 4.90 Å². The van der Waals surface area contributed by atoms with Gasteiger partial charge in [0.15, 0.2) is 0 Å². The number of hydrogen-bond donors (Lipinski definition) is 2. The predicted octanol–water partition coefficient (Wildman–Crippen LogP) is 2.42. The van der Waals surface area contributed by atoms with Crippen LogP contribution in [-0.2, 0) is 6.42 Å². The zero-order chi connectivity index (χ0) is 21.7. The van der Waals surface area contributed by atoms with E-state index in [0.717, 1.165) is 37.1 Å². The summed E-state index contributed by atoms with van der Waals surface area (Å²) in [6.07, 6.45) is 10.4. The van der Waals surface area contributed by atoms with Gasteiger partial charge in [-0.15, -0.1) is 0 Å². The highest BCUT2D eigenvalue weighted by Gasteiger charge is 2.35. The van der Waals surface area contributed by atoms with Crippen molar-refractivity contribution in [3.8, 4) is 0 Å². The van der Waals surface area contributed by atoms with E-state index < -0.39 is 0 Å². The molecule has 0 spiro atoms. The number of pyridine rings is 1. The minimum Gasteiger partial charge on any atom is -0.349 e. The van der Waals surface area contributed by atoms with Crippen molar-refractivity contribution in [1.82, 2.24) is 34.9 Å². The molecule has 5 heterocycles. The Morgan fingerprint density at radius 2 is 2.06 bits per heavy atom. The Labute approximate surface area is 182 Å². The summed E-state index contributed by atoms with van der Waals surface area (Å²) in [4.78, 5) is 31.1. The number of imidazole rings is 1. The number of halogens is 1. The van der Waals surface area contributed by atoms with Gasteiger partial charge >= 0.3 is 0 Å². The fourth-order valence-corrected chi connectivity index (χ4v) is 4.33. The second-order valence-electron chi connectivity index (χ2n) is 8.24. The van der Waals surface area contributed by atoms with Crippen LogP contribution in [0.5, 0.6) is 0 Å². The van der Waals surface area contributed by atoms with Gasteiger partial charge < -0.3 is 15.2 Å². The summed E-state index contributed by atoms with van der Waals surface area (Å²) < 4.78 is 15.8.